The molecule has 0 spiro atoms. The van der Waals surface area contributed by atoms with E-state index in [-0.39, 0.29) is 10.7 Å². The molecule has 2 rings (SSSR count). The number of halogens is 1. The molecule has 0 N–H and O–H groups in total. The molecule has 16 heavy (non-hydrogen) atoms. The lowest BCUT2D eigenvalue weighted by atomic mass is 10.2. The van der Waals surface area contributed by atoms with Crippen molar-refractivity contribution >= 4 is 33.2 Å². The number of amides is 1. The zero-order valence-corrected chi connectivity index (χ0v) is 11.8. The zero-order chi connectivity index (χ0) is 11.5. The summed E-state index contributed by atoms with van der Waals surface area (Å²) < 4.78 is 0. The SMILES string of the molecule is CCC(Br)C(=O)N(Cc1ccsc1)C1CC1. The highest BCUT2D eigenvalue weighted by molar-refractivity contribution is 9.10. The number of alkyl halides is 1. The Hall–Kier alpha value is -0.350. The summed E-state index contributed by atoms with van der Waals surface area (Å²) in [7, 11) is 0. The van der Waals surface area contributed by atoms with E-state index in [1.807, 2.05) is 11.8 Å². The third-order valence-corrected chi connectivity index (χ3v) is 4.60. The minimum atomic E-state index is -0.0215. The second-order valence-electron chi connectivity index (χ2n) is 4.20. The Labute approximate surface area is 109 Å². The van der Waals surface area contributed by atoms with Crippen molar-refractivity contribution in [3.05, 3.63) is 22.4 Å². The maximum absolute atomic E-state index is 12.2. The van der Waals surface area contributed by atoms with E-state index < -0.39 is 0 Å². The van der Waals surface area contributed by atoms with Gasteiger partial charge in [0.05, 0.1) is 4.83 Å². The van der Waals surface area contributed by atoms with E-state index in [4.69, 9.17) is 0 Å². The summed E-state index contributed by atoms with van der Waals surface area (Å²) >= 11 is 5.14. The van der Waals surface area contributed by atoms with Crippen LogP contribution in [0, 0.1) is 0 Å². The maximum Gasteiger partial charge on any atom is 0.236 e. The van der Waals surface area contributed by atoms with Crippen LogP contribution in [0.25, 0.3) is 0 Å². The number of carbonyl (C=O) groups excluding carboxylic acids is 1. The lowest BCUT2D eigenvalue weighted by Gasteiger charge is -2.24. The summed E-state index contributed by atoms with van der Waals surface area (Å²) in [5.74, 6) is 0.246. The van der Waals surface area contributed by atoms with Crippen LogP contribution in [0.15, 0.2) is 16.8 Å². The fourth-order valence-corrected chi connectivity index (χ4v) is 2.63. The molecule has 1 fully saturated rings. The van der Waals surface area contributed by atoms with Gasteiger partial charge in [0.25, 0.3) is 0 Å². The van der Waals surface area contributed by atoms with Gasteiger partial charge in [-0.2, -0.15) is 11.3 Å². The predicted octanol–water partition coefficient (Wildman–Crippen LogP) is 3.41. The first-order chi connectivity index (χ1) is 7.72. The predicted molar refractivity (Wildman–Crippen MR) is 70.9 cm³/mol. The van der Waals surface area contributed by atoms with Crippen molar-refractivity contribution < 1.29 is 4.79 Å². The molecule has 1 aromatic rings. The summed E-state index contributed by atoms with van der Waals surface area (Å²) in [6.07, 6.45) is 3.18. The fourth-order valence-electron chi connectivity index (χ4n) is 1.71. The van der Waals surface area contributed by atoms with Crippen LogP contribution < -0.4 is 0 Å². The molecule has 0 saturated heterocycles. The Kier molecular flexibility index (Phi) is 4.03. The second-order valence-corrected chi connectivity index (χ2v) is 6.09. The van der Waals surface area contributed by atoms with Crippen molar-refractivity contribution in [2.45, 2.75) is 43.6 Å². The molecule has 1 unspecified atom stereocenters. The van der Waals surface area contributed by atoms with Crippen molar-refractivity contribution in [2.24, 2.45) is 0 Å². The molecule has 1 atom stereocenters. The second kappa shape index (κ2) is 5.32. The minimum absolute atomic E-state index is 0.0215. The molecule has 1 saturated carbocycles. The molecule has 2 nitrogen and oxygen atoms in total. The van der Waals surface area contributed by atoms with Crippen LogP contribution in [0.4, 0.5) is 0 Å². The molecule has 0 aromatic carbocycles. The molecule has 0 bridgehead atoms. The summed E-state index contributed by atoms with van der Waals surface area (Å²) in [5.41, 5.74) is 1.25. The third-order valence-electron chi connectivity index (χ3n) is 2.83. The number of thiophene rings is 1. The molecule has 88 valence electrons. The van der Waals surface area contributed by atoms with Gasteiger partial charge in [0.15, 0.2) is 0 Å². The molecule has 1 amide bonds. The topological polar surface area (TPSA) is 20.3 Å². The largest absolute Gasteiger partial charge is 0.334 e. The molecule has 1 aliphatic carbocycles. The normalized spacial score (nSPS) is 17.1. The van der Waals surface area contributed by atoms with Crippen LogP contribution in [0.2, 0.25) is 0 Å². The van der Waals surface area contributed by atoms with Crippen molar-refractivity contribution in [3.63, 3.8) is 0 Å². The molecular formula is C12H16BrNOS. The highest BCUT2D eigenvalue weighted by Crippen LogP contribution is 2.30. The van der Waals surface area contributed by atoms with Gasteiger partial charge in [-0.3, -0.25) is 4.79 Å². The standard InChI is InChI=1S/C12H16BrNOS/c1-2-11(13)12(15)14(10-3-4-10)7-9-5-6-16-8-9/h5-6,8,10-11H,2-4,7H2,1H3. The van der Waals surface area contributed by atoms with Gasteiger partial charge in [0.1, 0.15) is 0 Å². The average molecular weight is 302 g/mol. The van der Waals surface area contributed by atoms with Crippen LogP contribution in [0.5, 0.6) is 0 Å². The first-order valence-electron chi connectivity index (χ1n) is 5.68. The number of rotatable bonds is 5. The van der Waals surface area contributed by atoms with Gasteiger partial charge >= 0.3 is 0 Å². The fraction of sp³-hybridized carbons (Fsp3) is 0.583. The average Bonchev–Trinajstić information content (AvgIpc) is 3.01. The Morgan fingerprint density at radius 3 is 2.94 bits per heavy atom. The molecule has 0 radical (unpaired) electrons. The Morgan fingerprint density at radius 2 is 2.44 bits per heavy atom. The lowest BCUT2D eigenvalue weighted by Crippen LogP contribution is -2.37. The van der Waals surface area contributed by atoms with Gasteiger partial charge in [-0.25, -0.2) is 0 Å². The van der Waals surface area contributed by atoms with E-state index in [9.17, 15) is 4.79 Å². The quantitative estimate of drug-likeness (QED) is 0.763. The highest BCUT2D eigenvalue weighted by Gasteiger charge is 2.34. The Balaban J connectivity index is 2.02. The molecular weight excluding hydrogens is 286 g/mol. The summed E-state index contributed by atoms with van der Waals surface area (Å²) in [6.45, 7) is 2.81. The number of hydrogen-bond acceptors (Lipinski definition) is 2. The molecule has 1 heterocycles. The van der Waals surface area contributed by atoms with Gasteiger partial charge in [0.2, 0.25) is 5.91 Å². The van der Waals surface area contributed by atoms with Gasteiger partial charge < -0.3 is 4.90 Å². The van der Waals surface area contributed by atoms with E-state index in [1.165, 1.54) is 18.4 Å². The summed E-state index contributed by atoms with van der Waals surface area (Å²) in [4.78, 5) is 14.2. The first kappa shape index (κ1) is 12.1. The van der Waals surface area contributed by atoms with Crippen molar-refractivity contribution in [2.75, 3.05) is 0 Å². The third kappa shape index (κ3) is 2.86. The van der Waals surface area contributed by atoms with Crippen molar-refractivity contribution in [1.29, 1.82) is 0 Å². The highest BCUT2D eigenvalue weighted by atomic mass is 79.9. The van der Waals surface area contributed by atoms with E-state index in [0.29, 0.717) is 6.04 Å². The van der Waals surface area contributed by atoms with Crippen molar-refractivity contribution in [1.82, 2.24) is 4.90 Å². The summed E-state index contributed by atoms with van der Waals surface area (Å²) in [5, 5.41) is 4.19. The maximum atomic E-state index is 12.2. The van der Waals surface area contributed by atoms with Gasteiger partial charge in [-0.05, 0) is 41.7 Å². The van der Waals surface area contributed by atoms with Crippen LogP contribution in [0.1, 0.15) is 31.7 Å². The van der Waals surface area contributed by atoms with Gasteiger partial charge in [-0.1, -0.05) is 22.9 Å². The van der Waals surface area contributed by atoms with Crippen LogP contribution >= 0.6 is 27.3 Å². The smallest absolute Gasteiger partial charge is 0.236 e. The molecule has 1 aromatic heterocycles. The van der Waals surface area contributed by atoms with Gasteiger partial charge in [-0.15, -0.1) is 0 Å². The Morgan fingerprint density at radius 1 is 1.69 bits per heavy atom. The van der Waals surface area contributed by atoms with Crippen LogP contribution in [-0.4, -0.2) is 21.7 Å². The first-order valence-corrected chi connectivity index (χ1v) is 7.54. The Bertz CT molecular complexity index is 348. The number of carbonyl (C=O) groups is 1. The molecule has 1 aliphatic rings. The van der Waals surface area contributed by atoms with E-state index in [0.717, 1.165) is 13.0 Å². The zero-order valence-electron chi connectivity index (χ0n) is 9.36. The van der Waals surface area contributed by atoms with Crippen LogP contribution in [-0.2, 0) is 11.3 Å². The molecule has 0 aliphatic heterocycles. The van der Waals surface area contributed by atoms with E-state index in [2.05, 4.69) is 32.8 Å². The monoisotopic (exact) mass is 301 g/mol. The van der Waals surface area contributed by atoms with Gasteiger partial charge in [0, 0.05) is 12.6 Å². The number of nitrogens with zero attached hydrogens (tertiary/aromatic N) is 1. The van der Waals surface area contributed by atoms with E-state index in [1.54, 1.807) is 11.3 Å². The number of hydrogen-bond donors (Lipinski definition) is 0. The minimum Gasteiger partial charge on any atom is -0.334 e. The van der Waals surface area contributed by atoms with Crippen molar-refractivity contribution in [3.8, 4) is 0 Å². The van der Waals surface area contributed by atoms with Crippen LogP contribution in [0.3, 0.4) is 0 Å². The van der Waals surface area contributed by atoms with E-state index >= 15 is 0 Å². The molecule has 4 heteroatoms. The summed E-state index contributed by atoms with van der Waals surface area (Å²) in [6, 6.07) is 2.58. The lowest BCUT2D eigenvalue weighted by molar-refractivity contribution is -0.131.